The molecule has 0 aliphatic heterocycles. The van der Waals surface area contributed by atoms with Gasteiger partial charge in [0.1, 0.15) is 0 Å². The van der Waals surface area contributed by atoms with E-state index in [-0.39, 0.29) is 5.69 Å². The Kier molecular flexibility index (Phi) is 5.19. The summed E-state index contributed by atoms with van der Waals surface area (Å²) in [6, 6.07) is 14.0. The van der Waals surface area contributed by atoms with Crippen molar-refractivity contribution in [1.29, 1.82) is 0 Å². The molecule has 118 valence electrons. The smallest absolute Gasteiger partial charge is 0.267 e. The lowest BCUT2D eigenvalue weighted by atomic mass is 10.1. The highest BCUT2D eigenvalue weighted by Gasteiger charge is 2.13. The molecule has 0 unspecified atom stereocenters. The quantitative estimate of drug-likeness (QED) is 0.522. The highest BCUT2D eigenvalue weighted by molar-refractivity contribution is 5.95. The second-order valence-electron chi connectivity index (χ2n) is 5.21. The van der Waals surface area contributed by atoms with Crippen LogP contribution in [0.1, 0.15) is 28.4 Å². The average Bonchev–Trinajstić information content (AvgIpc) is 2.53. The van der Waals surface area contributed by atoms with Gasteiger partial charge in [0.25, 0.3) is 11.6 Å². The fraction of sp³-hybridized carbons (Fsp3) is 0.176. The number of amides is 1. The Balaban J connectivity index is 2.03. The number of hydrazone groups is 1. The van der Waals surface area contributed by atoms with Gasteiger partial charge in [-0.3, -0.25) is 14.9 Å². The van der Waals surface area contributed by atoms with E-state index in [1.807, 2.05) is 37.3 Å². The number of carbonyl (C=O) groups is 1. The molecule has 0 bridgehead atoms. The highest BCUT2D eigenvalue weighted by atomic mass is 16.6. The lowest BCUT2D eigenvalue weighted by Gasteiger charge is -2.04. The summed E-state index contributed by atoms with van der Waals surface area (Å²) >= 11 is 0. The molecule has 2 aromatic rings. The molecule has 0 aliphatic rings. The number of benzene rings is 2. The Morgan fingerprint density at radius 1 is 1.22 bits per heavy atom. The number of nitro groups is 1. The molecule has 0 radical (unpaired) electrons. The fourth-order valence-electron chi connectivity index (χ4n) is 2.14. The van der Waals surface area contributed by atoms with Crippen molar-refractivity contribution in [2.24, 2.45) is 5.10 Å². The van der Waals surface area contributed by atoms with Crippen molar-refractivity contribution in [2.75, 3.05) is 0 Å². The Morgan fingerprint density at radius 2 is 1.91 bits per heavy atom. The monoisotopic (exact) mass is 311 g/mol. The van der Waals surface area contributed by atoms with Gasteiger partial charge >= 0.3 is 0 Å². The summed E-state index contributed by atoms with van der Waals surface area (Å²) in [6.07, 6.45) is 0.639. The van der Waals surface area contributed by atoms with Gasteiger partial charge < -0.3 is 0 Å². The third-order valence-electron chi connectivity index (χ3n) is 3.31. The number of nitro benzene ring substituents is 1. The lowest BCUT2D eigenvalue weighted by molar-refractivity contribution is -0.385. The van der Waals surface area contributed by atoms with Crippen LogP contribution in [-0.4, -0.2) is 16.5 Å². The van der Waals surface area contributed by atoms with E-state index in [9.17, 15) is 14.9 Å². The van der Waals surface area contributed by atoms with Gasteiger partial charge in [-0.25, -0.2) is 5.43 Å². The van der Waals surface area contributed by atoms with Crippen molar-refractivity contribution in [1.82, 2.24) is 5.43 Å². The van der Waals surface area contributed by atoms with Crippen molar-refractivity contribution in [3.05, 3.63) is 75.3 Å². The van der Waals surface area contributed by atoms with E-state index < -0.39 is 10.8 Å². The summed E-state index contributed by atoms with van der Waals surface area (Å²) in [5.41, 5.74) is 5.11. The number of hydrogen-bond acceptors (Lipinski definition) is 4. The summed E-state index contributed by atoms with van der Waals surface area (Å²) in [5.74, 6) is -0.393. The van der Waals surface area contributed by atoms with Crippen LogP contribution >= 0.6 is 0 Å². The van der Waals surface area contributed by atoms with Crippen LogP contribution in [0.2, 0.25) is 0 Å². The minimum Gasteiger partial charge on any atom is -0.267 e. The topological polar surface area (TPSA) is 84.6 Å². The second-order valence-corrected chi connectivity index (χ2v) is 5.21. The molecule has 0 aromatic heterocycles. The van der Waals surface area contributed by atoms with E-state index in [2.05, 4.69) is 10.5 Å². The molecule has 6 nitrogen and oxygen atoms in total. The number of rotatable bonds is 5. The third kappa shape index (κ3) is 4.47. The molecule has 1 amide bonds. The van der Waals surface area contributed by atoms with Gasteiger partial charge in [0.05, 0.1) is 4.92 Å². The van der Waals surface area contributed by atoms with E-state index in [1.165, 1.54) is 18.2 Å². The first kappa shape index (κ1) is 16.4. The number of hydrogen-bond donors (Lipinski definition) is 1. The van der Waals surface area contributed by atoms with E-state index >= 15 is 0 Å². The van der Waals surface area contributed by atoms with Gasteiger partial charge in [0.2, 0.25) is 0 Å². The zero-order valence-electron chi connectivity index (χ0n) is 12.9. The average molecular weight is 311 g/mol. The van der Waals surface area contributed by atoms with Crippen molar-refractivity contribution in [3.63, 3.8) is 0 Å². The summed E-state index contributed by atoms with van der Waals surface area (Å²) in [5, 5.41) is 14.8. The van der Waals surface area contributed by atoms with Crippen LogP contribution in [0, 0.1) is 17.0 Å². The maximum Gasteiger partial charge on any atom is 0.272 e. The van der Waals surface area contributed by atoms with Crippen LogP contribution in [0.5, 0.6) is 0 Å². The normalized spacial score (nSPS) is 11.1. The van der Waals surface area contributed by atoms with Crippen LogP contribution in [0.25, 0.3) is 0 Å². The standard InChI is InChI=1S/C17H17N3O3/c1-12-10-15(8-9-16(12)20(22)23)17(21)19-18-13(2)11-14-6-4-3-5-7-14/h3-10H,11H2,1-2H3,(H,19,21)/b18-13+. The van der Waals surface area contributed by atoms with Crippen LogP contribution in [0.4, 0.5) is 5.69 Å². The highest BCUT2D eigenvalue weighted by Crippen LogP contribution is 2.18. The maximum atomic E-state index is 12.0. The molecule has 0 heterocycles. The largest absolute Gasteiger partial charge is 0.272 e. The number of nitrogens with one attached hydrogen (secondary N) is 1. The van der Waals surface area contributed by atoms with Crippen LogP contribution < -0.4 is 5.43 Å². The van der Waals surface area contributed by atoms with Crippen molar-refractivity contribution in [2.45, 2.75) is 20.3 Å². The molecule has 23 heavy (non-hydrogen) atoms. The van der Waals surface area contributed by atoms with Gasteiger partial charge in [-0.15, -0.1) is 0 Å². The Bertz CT molecular complexity index is 755. The summed E-state index contributed by atoms with van der Waals surface area (Å²) < 4.78 is 0. The van der Waals surface area contributed by atoms with Crippen LogP contribution in [-0.2, 0) is 6.42 Å². The molecule has 0 aliphatic carbocycles. The Hall–Kier alpha value is -3.02. The molecule has 0 fully saturated rings. The van der Waals surface area contributed by atoms with Gasteiger partial charge in [0, 0.05) is 29.3 Å². The van der Waals surface area contributed by atoms with Crippen LogP contribution in [0.15, 0.2) is 53.6 Å². The third-order valence-corrected chi connectivity index (χ3v) is 3.31. The second kappa shape index (κ2) is 7.31. The van der Waals surface area contributed by atoms with Gasteiger partial charge in [-0.05, 0) is 31.5 Å². The van der Waals surface area contributed by atoms with Crippen molar-refractivity contribution >= 4 is 17.3 Å². The summed E-state index contributed by atoms with van der Waals surface area (Å²) in [7, 11) is 0. The number of carbonyl (C=O) groups excluding carboxylic acids is 1. The predicted molar refractivity (Wildman–Crippen MR) is 88.6 cm³/mol. The molecule has 0 saturated carbocycles. The Labute approximate surface area is 134 Å². The predicted octanol–water partition coefficient (Wildman–Crippen LogP) is 3.25. The van der Waals surface area contributed by atoms with E-state index in [1.54, 1.807) is 6.92 Å². The molecule has 2 aromatic carbocycles. The zero-order chi connectivity index (χ0) is 16.8. The number of nitrogens with zero attached hydrogens (tertiary/aromatic N) is 2. The molecule has 6 heteroatoms. The van der Waals surface area contributed by atoms with Gasteiger partial charge in [0.15, 0.2) is 0 Å². The minimum absolute atomic E-state index is 0.00897. The SMILES string of the molecule is C/C(Cc1ccccc1)=N\NC(=O)c1ccc([N+](=O)[O-])c(C)c1. The molecule has 0 spiro atoms. The van der Waals surface area contributed by atoms with Crippen molar-refractivity contribution < 1.29 is 9.72 Å². The van der Waals surface area contributed by atoms with Gasteiger partial charge in [-0.1, -0.05) is 30.3 Å². The van der Waals surface area contributed by atoms with Gasteiger partial charge in [-0.2, -0.15) is 5.10 Å². The fourth-order valence-corrected chi connectivity index (χ4v) is 2.14. The number of aryl methyl sites for hydroxylation is 1. The molecular weight excluding hydrogens is 294 g/mol. The lowest BCUT2D eigenvalue weighted by Crippen LogP contribution is -2.19. The van der Waals surface area contributed by atoms with Crippen molar-refractivity contribution in [3.8, 4) is 0 Å². The maximum absolute atomic E-state index is 12.0. The summed E-state index contributed by atoms with van der Waals surface area (Å²) in [6.45, 7) is 3.42. The van der Waals surface area contributed by atoms with Crippen LogP contribution in [0.3, 0.4) is 0 Å². The molecule has 0 saturated heterocycles. The first-order valence-electron chi connectivity index (χ1n) is 7.10. The first-order valence-corrected chi connectivity index (χ1v) is 7.10. The zero-order valence-corrected chi connectivity index (χ0v) is 12.9. The Morgan fingerprint density at radius 3 is 2.52 bits per heavy atom. The first-order chi connectivity index (χ1) is 11.0. The minimum atomic E-state index is -0.473. The van der Waals surface area contributed by atoms with E-state index in [0.29, 0.717) is 17.5 Å². The molecule has 0 atom stereocenters. The summed E-state index contributed by atoms with van der Waals surface area (Å²) in [4.78, 5) is 22.3. The van der Waals surface area contributed by atoms with E-state index in [4.69, 9.17) is 0 Å². The van der Waals surface area contributed by atoms with E-state index in [0.717, 1.165) is 11.3 Å². The molecule has 1 N–H and O–H groups in total. The molecule has 2 rings (SSSR count). The molecular formula is C17H17N3O3.